The molecule has 0 aromatic heterocycles. The van der Waals surface area contributed by atoms with E-state index in [0.29, 0.717) is 6.54 Å². The first-order valence-electron chi connectivity index (χ1n) is 6.93. The minimum Gasteiger partial charge on any atom is -0.494 e. The van der Waals surface area contributed by atoms with Gasteiger partial charge < -0.3 is 10.5 Å². The molecule has 0 fully saturated rings. The summed E-state index contributed by atoms with van der Waals surface area (Å²) in [4.78, 5) is 2.12. The number of methoxy groups -OCH3 is 1. The Morgan fingerprint density at radius 1 is 1.19 bits per heavy atom. The molecule has 2 rings (SSSR count). The summed E-state index contributed by atoms with van der Waals surface area (Å²) in [6.07, 6.45) is 0. The smallest absolute Gasteiger partial charge is 0.165 e. The first-order valence-corrected chi connectivity index (χ1v) is 6.93. The average molecular weight is 288 g/mol. The van der Waals surface area contributed by atoms with Crippen LogP contribution in [0.2, 0.25) is 0 Å². The second-order valence-electron chi connectivity index (χ2n) is 5.05. The van der Waals surface area contributed by atoms with E-state index in [0.717, 1.165) is 12.1 Å². The Bertz CT molecular complexity index is 574. The first kappa shape index (κ1) is 15.5. The molecule has 0 radical (unpaired) electrons. The standard InChI is InChI=1S/C17H21FN2O/c1-20(12-13-6-4-3-5-7-13)16(11-19)14-8-9-17(21-2)15(18)10-14/h3-10,16H,11-12,19H2,1-2H3. The Kier molecular flexibility index (Phi) is 5.31. The van der Waals surface area contributed by atoms with E-state index >= 15 is 0 Å². The molecule has 0 spiro atoms. The molecule has 1 unspecified atom stereocenters. The summed E-state index contributed by atoms with van der Waals surface area (Å²) in [5.74, 6) is -0.109. The average Bonchev–Trinajstić information content (AvgIpc) is 2.49. The van der Waals surface area contributed by atoms with Crippen LogP contribution < -0.4 is 10.5 Å². The van der Waals surface area contributed by atoms with Crippen molar-refractivity contribution >= 4 is 0 Å². The summed E-state index contributed by atoms with van der Waals surface area (Å²) in [6.45, 7) is 1.19. The second-order valence-corrected chi connectivity index (χ2v) is 5.05. The monoisotopic (exact) mass is 288 g/mol. The highest BCUT2D eigenvalue weighted by Gasteiger charge is 2.17. The zero-order chi connectivity index (χ0) is 15.2. The number of nitrogens with two attached hydrogens (primary N) is 1. The molecule has 4 heteroatoms. The second kappa shape index (κ2) is 7.20. The van der Waals surface area contributed by atoms with Gasteiger partial charge in [-0.05, 0) is 30.3 Å². The maximum Gasteiger partial charge on any atom is 0.165 e. The molecule has 21 heavy (non-hydrogen) atoms. The van der Waals surface area contributed by atoms with Crippen LogP contribution in [0.15, 0.2) is 48.5 Å². The SMILES string of the molecule is COc1ccc(C(CN)N(C)Cc2ccccc2)cc1F. The highest BCUT2D eigenvalue weighted by atomic mass is 19.1. The molecule has 0 bridgehead atoms. The number of rotatable bonds is 6. The van der Waals surface area contributed by atoms with Crippen molar-refractivity contribution in [2.45, 2.75) is 12.6 Å². The van der Waals surface area contributed by atoms with E-state index in [-0.39, 0.29) is 17.6 Å². The maximum atomic E-state index is 13.9. The van der Waals surface area contributed by atoms with Crippen LogP contribution in [0.4, 0.5) is 4.39 Å². The van der Waals surface area contributed by atoms with Crippen LogP contribution in [0, 0.1) is 5.82 Å². The summed E-state index contributed by atoms with van der Waals surface area (Å²) in [5.41, 5.74) is 7.94. The summed E-state index contributed by atoms with van der Waals surface area (Å²) >= 11 is 0. The van der Waals surface area contributed by atoms with E-state index in [9.17, 15) is 4.39 Å². The number of halogens is 1. The number of nitrogens with zero attached hydrogens (tertiary/aromatic N) is 1. The van der Waals surface area contributed by atoms with Gasteiger partial charge in [0.25, 0.3) is 0 Å². The lowest BCUT2D eigenvalue weighted by Crippen LogP contribution is -2.30. The number of hydrogen-bond acceptors (Lipinski definition) is 3. The third kappa shape index (κ3) is 3.80. The summed E-state index contributed by atoms with van der Waals surface area (Å²) in [7, 11) is 3.45. The Hall–Kier alpha value is -1.91. The quantitative estimate of drug-likeness (QED) is 0.888. The molecular weight excluding hydrogens is 267 g/mol. The van der Waals surface area contributed by atoms with Crippen LogP contribution in [0.5, 0.6) is 5.75 Å². The van der Waals surface area contributed by atoms with E-state index < -0.39 is 0 Å². The Labute approximate surface area is 125 Å². The number of benzene rings is 2. The number of ether oxygens (including phenoxy) is 1. The molecular formula is C17H21FN2O. The van der Waals surface area contributed by atoms with Crippen LogP contribution in [0.25, 0.3) is 0 Å². The molecule has 3 nitrogen and oxygen atoms in total. The summed E-state index contributed by atoms with van der Waals surface area (Å²) in [6, 6.07) is 15.1. The van der Waals surface area contributed by atoms with Crippen molar-refractivity contribution in [1.82, 2.24) is 4.90 Å². The molecule has 0 heterocycles. The number of hydrogen-bond donors (Lipinski definition) is 1. The third-order valence-corrected chi connectivity index (χ3v) is 3.59. The minimum atomic E-state index is -0.360. The van der Waals surface area contributed by atoms with Gasteiger partial charge in [0.05, 0.1) is 7.11 Å². The molecule has 2 aromatic carbocycles. The molecule has 0 saturated carbocycles. The molecule has 0 amide bonds. The van der Waals surface area contributed by atoms with Gasteiger partial charge in [-0.2, -0.15) is 0 Å². The molecule has 1 atom stereocenters. The third-order valence-electron chi connectivity index (χ3n) is 3.59. The van der Waals surface area contributed by atoms with Crippen molar-refractivity contribution in [2.24, 2.45) is 5.73 Å². The summed E-state index contributed by atoms with van der Waals surface area (Å²) in [5, 5.41) is 0. The lowest BCUT2D eigenvalue weighted by molar-refractivity contribution is 0.241. The first-order chi connectivity index (χ1) is 10.2. The molecule has 2 aromatic rings. The van der Waals surface area contributed by atoms with Crippen LogP contribution >= 0.6 is 0 Å². The Morgan fingerprint density at radius 2 is 1.90 bits per heavy atom. The fraction of sp³-hybridized carbons (Fsp3) is 0.294. The van der Waals surface area contributed by atoms with Gasteiger partial charge >= 0.3 is 0 Å². The van der Waals surface area contributed by atoms with Gasteiger partial charge in [-0.15, -0.1) is 0 Å². The highest BCUT2D eigenvalue weighted by Crippen LogP contribution is 2.25. The van der Waals surface area contributed by atoms with E-state index in [2.05, 4.69) is 17.0 Å². The lowest BCUT2D eigenvalue weighted by Gasteiger charge is -2.27. The van der Waals surface area contributed by atoms with E-state index in [4.69, 9.17) is 10.5 Å². The van der Waals surface area contributed by atoms with Crippen molar-refractivity contribution < 1.29 is 9.13 Å². The minimum absolute atomic E-state index is 0.0365. The summed E-state index contributed by atoms with van der Waals surface area (Å²) < 4.78 is 18.8. The van der Waals surface area contributed by atoms with Crippen molar-refractivity contribution in [1.29, 1.82) is 0 Å². The van der Waals surface area contributed by atoms with Gasteiger partial charge in [-0.1, -0.05) is 36.4 Å². The van der Waals surface area contributed by atoms with Crippen molar-refractivity contribution in [2.75, 3.05) is 20.7 Å². The van der Waals surface area contributed by atoms with Gasteiger partial charge in [0.2, 0.25) is 0 Å². The lowest BCUT2D eigenvalue weighted by atomic mass is 10.0. The van der Waals surface area contributed by atoms with Crippen LogP contribution in [0.3, 0.4) is 0 Å². The zero-order valence-electron chi connectivity index (χ0n) is 12.4. The van der Waals surface area contributed by atoms with Crippen LogP contribution in [-0.4, -0.2) is 25.6 Å². The predicted molar refractivity (Wildman–Crippen MR) is 82.7 cm³/mol. The molecule has 112 valence electrons. The van der Waals surface area contributed by atoms with Gasteiger partial charge in [0, 0.05) is 19.1 Å². The molecule has 0 aliphatic rings. The molecule has 2 N–H and O–H groups in total. The molecule has 0 saturated heterocycles. The van der Waals surface area contributed by atoms with E-state index in [1.807, 2.05) is 31.3 Å². The zero-order valence-corrected chi connectivity index (χ0v) is 12.4. The van der Waals surface area contributed by atoms with Crippen molar-refractivity contribution in [3.8, 4) is 5.75 Å². The fourth-order valence-electron chi connectivity index (χ4n) is 2.44. The normalized spacial score (nSPS) is 12.4. The fourth-order valence-corrected chi connectivity index (χ4v) is 2.44. The van der Waals surface area contributed by atoms with Gasteiger partial charge in [-0.3, -0.25) is 4.90 Å². The van der Waals surface area contributed by atoms with Crippen molar-refractivity contribution in [3.63, 3.8) is 0 Å². The van der Waals surface area contributed by atoms with Gasteiger partial charge in [0.1, 0.15) is 0 Å². The van der Waals surface area contributed by atoms with Gasteiger partial charge in [0.15, 0.2) is 11.6 Å². The maximum absolute atomic E-state index is 13.9. The predicted octanol–water partition coefficient (Wildman–Crippen LogP) is 2.97. The topological polar surface area (TPSA) is 38.5 Å². The van der Waals surface area contributed by atoms with Crippen LogP contribution in [0.1, 0.15) is 17.2 Å². The number of likely N-dealkylation sites (N-methyl/N-ethyl adjacent to an activating group) is 1. The van der Waals surface area contributed by atoms with E-state index in [1.165, 1.54) is 18.7 Å². The van der Waals surface area contributed by atoms with Gasteiger partial charge in [-0.25, -0.2) is 4.39 Å². The largest absolute Gasteiger partial charge is 0.494 e. The van der Waals surface area contributed by atoms with Crippen molar-refractivity contribution in [3.05, 3.63) is 65.5 Å². The molecule has 0 aliphatic heterocycles. The molecule has 0 aliphatic carbocycles. The van der Waals surface area contributed by atoms with Crippen LogP contribution in [-0.2, 0) is 6.54 Å². The Morgan fingerprint density at radius 3 is 2.48 bits per heavy atom. The van der Waals surface area contributed by atoms with E-state index in [1.54, 1.807) is 6.07 Å². The Balaban J connectivity index is 2.16. The highest BCUT2D eigenvalue weighted by molar-refractivity contribution is 5.31.